The monoisotopic (exact) mass is 752 g/mol. The summed E-state index contributed by atoms with van der Waals surface area (Å²) < 4.78 is 60.2. The van der Waals surface area contributed by atoms with Crippen LogP contribution in [0.1, 0.15) is 68.1 Å². The summed E-state index contributed by atoms with van der Waals surface area (Å²) in [5.41, 5.74) is 0.940. The molecule has 4 amide bonds. The summed E-state index contributed by atoms with van der Waals surface area (Å²) in [4.78, 5) is 62.1. The number of benzene rings is 2. The second-order valence-corrected chi connectivity index (χ2v) is 16.9. The van der Waals surface area contributed by atoms with Gasteiger partial charge in [0.2, 0.25) is 34.0 Å². The maximum atomic E-state index is 14.4. The number of nitrogens with one attached hydrogen (secondary N) is 3. The summed E-state index contributed by atoms with van der Waals surface area (Å²) in [6.45, 7) is 4.91. The molecule has 4 aliphatic rings. The molecule has 53 heavy (non-hydrogen) atoms. The van der Waals surface area contributed by atoms with Crippen molar-refractivity contribution in [1.29, 1.82) is 0 Å². The van der Waals surface area contributed by atoms with E-state index >= 15 is 0 Å². The molecule has 2 aromatic carbocycles. The fourth-order valence-corrected chi connectivity index (χ4v) is 8.34. The zero-order valence-corrected chi connectivity index (χ0v) is 29.9. The van der Waals surface area contributed by atoms with Gasteiger partial charge in [0.05, 0.1) is 23.9 Å². The van der Waals surface area contributed by atoms with Crippen LogP contribution in [0.2, 0.25) is 0 Å². The van der Waals surface area contributed by atoms with Gasteiger partial charge in [-0.25, -0.2) is 17.2 Å². The molecule has 0 unspecified atom stereocenters. The molecule has 3 aromatic rings. The van der Waals surface area contributed by atoms with Crippen LogP contribution in [-0.2, 0) is 29.2 Å². The van der Waals surface area contributed by atoms with E-state index in [9.17, 15) is 36.4 Å². The number of hydrogen-bond acceptors (Lipinski definition) is 10. The molecule has 3 fully saturated rings. The first-order valence-corrected chi connectivity index (χ1v) is 18.8. The van der Waals surface area contributed by atoms with Gasteiger partial charge in [-0.1, -0.05) is 79.6 Å². The van der Waals surface area contributed by atoms with E-state index in [1.807, 2.05) is 53.3 Å². The van der Waals surface area contributed by atoms with Crippen LogP contribution in [0.15, 0.2) is 70.5 Å². The Hall–Kier alpha value is -5.19. The van der Waals surface area contributed by atoms with Crippen molar-refractivity contribution in [3.63, 3.8) is 0 Å². The molecule has 3 aliphatic carbocycles. The lowest BCUT2D eigenvalue weighted by Crippen LogP contribution is -2.60. The van der Waals surface area contributed by atoms with E-state index in [0.717, 1.165) is 22.3 Å². The van der Waals surface area contributed by atoms with Gasteiger partial charge in [-0.15, -0.1) is 0 Å². The Balaban J connectivity index is 1.18. The molecule has 0 radical (unpaired) electrons. The first-order chi connectivity index (χ1) is 25.1. The number of hydrogen-bond donors (Lipinski definition) is 3. The lowest BCUT2D eigenvalue weighted by molar-refractivity contribution is -0.143. The van der Waals surface area contributed by atoms with Crippen LogP contribution < -0.4 is 15.4 Å². The van der Waals surface area contributed by atoms with Gasteiger partial charge in [0.1, 0.15) is 29.4 Å². The normalized spacial score (nSPS) is 23.8. The van der Waals surface area contributed by atoms with Crippen molar-refractivity contribution in [1.82, 2.24) is 25.4 Å². The van der Waals surface area contributed by atoms with Gasteiger partial charge in [-0.05, 0) is 35.8 Å². The van der Waals surface area contributed by atoms with Crippen LogP contribution in [0.3, 0.4) is 0 Å². The van der Waals surface area contributed by atoms with E-state index in [1.165, 1.54) is 17.2 Å². The molecule has 14 nitrogen and oxygen atoms in total. The molecule has 280 valence electrons. The SMILES string of the molecule is CC(C)(C)[C@H](NC(=O)c1ccno1)C(=O)N1C[C@H](ON=C2c3ccccc3-c3ccccc32)C[C@H]1C(=O)N[C@@]1(C(=O)NS(=O)(=O)C2CC2)C[C@H]1C(F)F. The number of rotatable bonds is 11. The molecule has 17 heteroatoms. The molecular formula is C36H38F2N6O8S. The molecule has 0 spiro atoms. The van der Waals surface area contributed by atoms with Gasteiger partial charge < -0.3 is 24.9 Å². The number of likely N-dealkylation sites (tertiary alicyclic amines) is 1. The van der Waals surface area contributed by atoms with Crippen LogP contribution in [0.25, 0.3) is 11.1 Å². The minimum Gasteiger partial charge on any atom is -0.390 e. The van der Waals surface area contributed by atoms with Crippen molar-refractivity contribution in [2.45, 2.75) is 81.9 Å². The molecule has 7 rings (SSSR count). The van der Waals surface area contributed by atoms with Crippen molar-refractivity contribution in [2.24, 2.45) is 16.5 Å². The molecule has 2 heterocycles. The summed E-state index contributed by atoms with van der Waals surface area (Å²) in [5, 5.41) is 12.3. The smallest absolute Gasteiger partial charge is 0.290 e. The van der Waals surface area contributed by atoms with Gasteiger partial charge >= 0.3 is 0 Å². The first-order valence-electron chi connectivity index (χ1n) is 17.2. The van der Waals surface area contributed by atoms with Gasteiger partial charge in [-0.3, -0.25) is 23.9 Å². The van der Waals surface area contributed by atoms with E-state index in [4.69, 9.17) is 9.36 Å². The number of aromatic nitrogens is 1. The summed E-state index contributed by atoms with van der Waals surface area (Å²) in [5.74, 6) is -5.47. The molecule has 2 saturated carbocycles. The molecule has 3 N–H and O–H groups in total. The van der Waals surface area contributed by atoms with E-state index in [2.05, 4.69) is 20.9 Å². The van der Waals surface area contributed by atoms with Crippen LogP contribution in [0.4, 0.5) is 8.78 Å². The van der Waals surface area contributed by atoms with Gasteiger partial charge in [-0.2, -0.15) is 0 Å². The highest BCUT2D eigenvalue weighted by Gasteiger charge is 2.67. The lowest BCUT2D eigenvalue weighted by Gasteiger charge is -2.35. The molecule has 5 atom stereocenters. The van der Waals surface area contributed by atoms with Gasteiger partial charge in [0, 0.05) is 23.6 Å². The van der Waals surface area contributed by atoms with E-state index in [1.54, 1.807) is 20.8 Å². The van der Waals surface area contributed by atoms with Crippen molar-refractivity contribution in [3.05, 3.63) is 77.7 Å². The third-order valence-corrected chi connectivity index (χ3v) is 11.9. The van der Waals surface area contributed by atoms with Crippen LogP contribution in [0, 0.1) is 11.3 Å². The molecule has 1 aromatic heterocycles. The number of carbonyl (C=O) groups is 4. The zero-order chi connectivity index (χ0) is 37.9. The average Bonchev–Trinajstić information content (AvgIpc) is 3.94. The predicted molar refractivity (Wildman–Crippen MR) is 185 cm³/mol. The summed E-state index contributed by atoms with van der Waals surface area (Å²) in [6.07, 6.45) is -2.70. The third-order valence-electron chi connectivity index (χ3n) is 10.1. The standard InChI is InChI=1S/C36H38F2N6O8S/c1-35(2,3)29(40-32(46)27-14-15-39-52-27)33(47)44-18-19(51-42-28-23-10-6-4-8-21(23)22-9-5-7-11-24(22)28)16-26(44)31(45)41-36(17-25(36)30(37)38)34(48)43-53(49,50)20-12-13-20/h4-11,14-15,19-20,25-26,29-30H,12-13,16-18H2,1-3H3,(H,40,46)(H,41,45)(H,43,48)/t19-,25+,26+,29-,36+/m1/s1. The number of halogens is 2. The second kappa shape index (κ2) is 13.3. The Bertz CT molecular complexity index is 2050. The van der Waals surface area contributed by atoms with Crippen molar-refractivity contribution in [3.8, 4) is 11.1 Å². The second-order valence-electron chi connectivity index (χ2n) is 14.9. The van der Waals surface area contributed by atoms with Crippen LogP contribution >= 0.6 is 0 Å². The van der Waals surface area contributed by atoms with Gasteiger partial charge in [0.25, 0.3) is 11.8 Å². The Morgan fingerprint density at radius 2 is 1.62 bits per heavy atom. The predicted octanol–water partition coefficient (Wildman–Crippen LogP) is 2.99. The number of sulfonamides is 1. The third kappa shape index (κ3) is 6.89. The average molecular weight is 753 g/mol. The van der Waals surface area contributed by atoms with E-state index in [-0.39, 0.29) is 18.7 Å². The summed E-state index contributed by atoms with van der Waals surface area (Å²) >= 11 is 0. The summed E-state index contributed by atoms with van der Waals surface area (Å²) in [6, 6.07) is 13.9. The minimum atomic E-state index is -4.13. The Labute approximate surface area is 303 Å². The highest BCUT2D eigenvalue weighted by Crippen LogP contribution is 2.48. The first kappa shape index (κ1) is 36.2. The molecular weight excluding hydrogens is 714 g/mol. The zero-order valence-electron chi connectivity index (χ0n) is 29.0. The van der Waals surface area contributed by atoms with Crippen LogP contribution in [0.5, 0.6) is 0 Å². The molecule has 0 bridgehead atoms. The minimum absolute atomic E-state index is 0.155. The van der Waals surface area contributed by atoms with Crippen molar-refractivity contribution >= 4 is 39.4 Å². The number of alkyl halides is 2. The van der Waals surface area contributed by atoms with Crippen molar-refractivity contribution < 1.29 is 45.7 Å². The highest BCUT2D eigenvalue weighted by molar-refractivity contribution is 7.91. The topological polar surface area (TPSA) is 189 Å². The summed E-state index contributed by atoms with van der Waals surface area (Å²) in [7, 11) is -4.13. The number of nitrogens with zero attached hydrogens (tertiary/aromatic N) is 3. The molecule has 1 aliphatic heterocycles. The largest absolute Gasteiger partial charge is 0.390 e. The Kier molecular flexibility index (Phi) is 9.11. The fourth-order valence-electron chi connectivity index (χ4n) is 6.97. The van der Waals surface area contributed by atoms with E-state index < -0.39 is 86.8 Å². The van der Waals surface area contributed by atoms with E-state index in [0.29, 0.717) is 18.6 Å². The van der Waals surface area contributed by atoms with Gasteiger partial charge in [0.15, 0.2) is 0 Å². The Morgan fingerprint density at radius 3 is 2.15 bits per heavy atom. The number of oxime groups is 1. The number of carbonyl (C=O) groups excluding carboxylic acids is 4. The quantitative estimate of drug-likeness (QED) is 0.194. The van der Waals surface area contributed by atoms with Crippen LogP contribution in [-0.4, -0.2) is 89.8 Å². The number of fused-ring (bicyclic) bond motifs is 3. The lowest BCUT2D eigenvalue weighted by atomic mass is 9.85. The molecule has 1 saturated heterocycles. The maximum absolute atomic E-state index is 14.4. The Morgan fingerprint density at radius 1 is 1.00 bits per heavy atom. The van der Waals surface area contributed by atoms with Crippen molar-refractivity contribution in [2.75, 3.05) is 6.54 Å². The highest BCUT2D eigenvalue weighted by atomic mass is 32.2. The maximum Gasteiger partial charge on any atom is 0.290 e. The number of amides is 4. The fraction of sp³-hybridized carbons (Fsp3) is 0.444.